The molecule has 1 aliphatic heterocycles. The van der Waals surface area contributed by atoms with Crippen molar-refractivity contribution in [1.29, 1.82) is 0 Å². The fourth-order valence-corrected chi connectivity index (χ4v) is 1.21. The molecular formula is C8H11ClN2O2. The molecule has 0 atom stereocenters. The highest BCUT2D eigenvalue weighted by atomic mass is 35.5. The van der Waals surface area contributed by atoms with E-state index in [9.17, 15) is 9.59 Å². The number of carbonyl (C=O) groups excluding carboxylic acids is 2. The fraction of sp³-hybridized carbons (Fsp3) is 0.500. The molecule has 0 bridgehead atoms. The van der Waals surface area contributed by atoms with Gasteiger partial charge < -0.3 is 5.32 Å². The van der Waals surface area contributed by atoms with E-state index in [1.165, 1.54) is 5.54 Å². The van der Waals surface area contributed by atoms with Crippen molar-refractivity contribution >= 4 is 23.5 Å². The zero-order valence-corrected chi connectivity index (χ0v) is 8.26. The molecule has 13 heavy (non-hydrogen) atoms. The normalized spacial score (nSPS) is 21.3. The Hall–Kier alpha value is -1.03. The highest BCUT2D eigenvalue weighted by molar-refractivity contribution is 6.25. The van der Waals surface area contributed by atoms with Crippen molar-refractivity contribution in [3.05, 3.63) is 11.6 Å². The average molecular weight is 203 g/mol. The van der Waals surface area contributed by atoms with E-state index < -0.39 is 5.54 Å². The van der Waals surface area contributed by atoms with Gasteiger partial charge >= 0.3 is 6.03 Å². The monoisotopic (exact) mass is 202 g/mol. The SMILES string of the molecule is CC1(C)NC(=O)N(C/C=C/Cl)C1=O. The van der Waals surface area contributed by atoms with Gasteiger partial charge in [0.25, 0.3) is 5.91 Å². The van der Waals surface area contributed by atoms with Gasteiger partial charge in [-0.3, -0.25) is 9.69 Å². The molecule has 1 saturated heterocycles. The van der Waals surface area contributed by atoms with E-state index in [2.05, 4.69) is 5.32 Å². The van der Waals surface area contributed by atoms with Crippen molar-refractivity contribution in [2.75, 3.05) is 6.54 Å². The van der Waals surface area contributed by atoms with E-state index in [-0.39, 0.29) is 18.5 Å². The summed E-state index contributed by atoms with van der Waals surface area (Å²) >= 11 is 5.30. The summed E-state index contributed by atoms with van der Waals surface area (Å²) in [5.74, 6) is -0.229. The number of hydrogen-bond donors (Lipinski definition) is 1. The van der Waals surface area contributed by atoms with Gasteiger partial charge in [0.2, 0.25) is 0 Å². The third-order valence-corrected chi connectivity index (χ3v) is 2.00. The van der Waals surface area contributed by atoms with Gasteiger partial charge in [0.05, 0.1) is 0 Å². The molecule has 1 rings (SSSR count). The van der Waals surface area contributed by atoms with Crippen LogP contribution in [0.1, 0.15) is 13.8 Å². The maximum absolute atomic E-state index is 11.5. The molecule has 0 saturated carbocycles. The molecule has 0 spiro atoms. The van der Waals surface area contributed by atoms with E-state index in [4.69, 9.17) is 11.6 Å². The molecule has 1 fully saturated rings. The smallest absolute Gasteiger partial charge is 0.324 e. The molecule has 0 aromatic heterocycles. The molecule has 5 heteroatoms. The highest BCUT2D eigenvalue weighted by Crippen LogP contribution is 2.15. The first kappa shape index (κ1) is 10.1. The number of halogens is 1. The lowest BCUT2D eigenvalue weighted by Crippen LogP contribution is -2.40. The molecule has 1 N–H and O–H groups in total. The minimum absolute atomic E-state index is 0.220. The predicted octanol–water partition coefficient (Wildman–Crippen LogP) is 1.07. The Bertz CT molecular complexity index is 273. The molecular weight excluding hydrogens is 192 g/mol. The van der Waals surface area contributed by atoms with Crippen LogP contribution in [0.5, 0.6) is 0 Å². The van der Waals surface area contributed by atoms with Crippen molar-refractivity contribution in [3.8, 4) is 0 Å². The number of rotatable bonds is 2. The van der Waals surface area contributed by atoms with E-state index in [1.54, 1.807) is 19.9 Å². The van der Waals surface area contributed by atoms with Crippen LogP contribution in [-0.2, 0) is 4.79 Å². The molecule has 1 heterocycles. The Morgan fingerprint density at radius 2 is 2.15 bits per heavy atom. The second kappa shape index (κ2) is 3.38. The lowest BCUT2D eigenvalue weighted by atomic mass is 10.1. The zero-order chi connectivity index (χ0) is 10.1. The molecule has 3 amide bonds. The molecule has 0 unspecified atom stereocenters. The van der Waals surface area contributed by atoms with Gasteiger partial charge in [-0.2, -0.15) is 0 Å². The summed E-state index contributed by atoms with van der Waals surface area (Å²) < 4.78 is 0. The number of urea groups is 1. The first-order chi connectivity index (χ1) is 5.99. The molecule has 1 aliphatic rings. The Kier molecular flexibility index (Phi) is 2.61. The standard InChI is InChI=1S/C8H11ClN2O2/c1-8(2)6(12)11(5-3-4-9)7(13)10-8/h3-4H,5H2,1-2H3,(H,10,13)/b4-3+. The molecule has 72 valence electrons. The Balaban J connectivity index is 2.77. The summed E-state index contributed by atoms with van der Waals surface area (Å²) in [6, 6.07) is -0.371. The largest absolute Gasteiger partial charge is 0.325 e. The van der Waals surface area contributed by atoms with E-state index in [1.807, 2.05) is 0 Å². The van der Waals surface area contributed by atoms with Gasteiger partial charge in [-0.15, -0.1) is 0 Å². The Labute approximate surface area is 81.5 Å². The summed E-state index contributed by atoms with van der Waals surface area (Å²) in [5.41, 5.74) is 0.489. The van der Waals surface area contributed by atoms with E-state index in [0.29, 0.717) is 0 Å². The summed E-state index contributed by atoms with van der Waals surface area (Å²) in [4.78, 5) is 23.9. The van der Waals surface area contributed by atoms with Crippen LogP contribution in [0.2, 0.25) is 0 Å². The van der Waals surface area contributed by atoms with Crippen LogP contribution in [0.4, 0.5) is 4.79 Å². The van der Waals surface area contributed by atoms with Gasteiger partial charge in [-0.1, -0.05) is 17.7 Å². The quantitative estimate of drug-likeness (QED) is 0.681. The minimum atomic E-state index is -0.794. The number of nitrogens with zero attached hydrogens (tertiary/aromatic N) is 1. The lowest BCUT2D eigenvalue weighted by Gasteiger charge is -2.14. The second-order valence-corrected chi connectivity index (χ2v) is 3.58. The van der Waals surface area contributed by atoms with Crippen molar-refractivity contribution in [2.45, 2.75) is 19.4 Å². The Morgan fingerprint density at radius 3 is 2.54 bits per heavy atom. The third-order valence-electron chi connectivity index (χ3n) is 1.82. The number of imide groups is 1. The number of nitrogens with one attached hydrogen (secondary N) is 1. The summed E-state index contributed by atoms with van der Waals surface area (Å²) in [7, 11) is 0. The predicted molar refractivity (Wildman–Crippen MR) is 49.3 cm³/mol. The zero-order valence-electron chi connectivity index (χ0n) is 7.50. The van der Waals surface area contributed by atoms with Crippen LogP contribution in [0.15, 0.2) is 11.6 Å². The summed E-state index contributed by atoms with van der Waals surface area (Å²) in [6.07, 6.45) is 1.54. The number of hydrogen-bond acceptors (Lipinski definition) is 2. The van der Waals surface area contributed by atoms with Crippen molar-refractivity contribution in [1.82, 2.24) is 10.2 Å². The fourth-order valence-electron chi connectivity index (χ4n) is 1.13. The van der Waals surface area contributed by atoms with Crippen molar-refractivity contribution < 1.29 is 9.59 Å². The van der Waals surface area contributed by atoms with Gasteiger partial charge in [-0.25, -0.2) is 4.79 Å². The van der Waals surface area contributed by atoms with E-state index in [0.717, 1.165) is 4.90 Å². The minimum Gasteiger partial charge on any atom is -0.324 e. The third kappa shape index (κ3) is 1.83. The van der Waals surface area contributed by atoms with Crippen LogP contribution in [0.3, 0.4) is 0 Å². The first-order valence-corrected chi connectivity index (χ1v) is 4.32. The van der Waals surface area contributed by atoms with Crippen LogP contribution in [-0.4, -0.2) is 28.9 Å². The van der Waals surface area contributed by atoms with Gasteiger partial charge in [0, 0.05) is 12.1 Å². The molecule has 0 radical (unpaired) electrons. The maximum atomic E-state index is 11.5. The molecule has 0 aromatic carbocycles. The van der Waals surface area contributed by atoms with Crippen LogP contribution in [0, 0.1) is 0 Å². The number of carbonyl (C=O) groups is 2. The number of amides is 3. The first-order valence-electron chi connectivity index (χ1n) is 3.88. The van der Waals surface area contributed by atoms with Gasteiger partial charge in [-0.05, 0) is 13.8 Å². The Morgan fingerprint density at radius 1 is 1.54 bits per heavy atom. The maximum Gasteiger partial charge on any atom is 0.325 e. The summed E-state index contributed by atoms with van der Waals surface area (Å²) in [6.45, 7) is 3.55. The molecule has 4 nitrogen and oxygen atoms in total. The molecule has 0 aliphatic carbocycles. The molecule has 0 aromatic rings. The van der Waals surface area contributed by atoms with Crippen LogP contribution < -0.4 is 5.32 Å². The van der Waals surface area contributed by atoms with Gasteiger partial charge in [0.1, 0.15) is 5.54 Å². The van der Waals surface area contributed by atoms with Crippen LogP contribution in [0.25, 0.3) is 0 Å². The van der Waals surface area contributed by atoms with Crippen molar-refractivity contribution in [2.24, 2.45) is 0 Å². The highest BCUT2D eigenvalue weighted by Gasteiger charge is 2.43. The van der Waals surface area contributed by atoms with Gasteiger partial charge in [0.15, 0.2) is 0 Å². The van der Waals surface area contributed by atoms with Crippen LogP contribution >= 0.6 is 11.6 Å². The van der Waals surface area contributed by atoms with Crippen molar-refractivity contribution in [3.63, 3.8) is 0 Å². The lowest BCUT2D eigenvalue weighted by molar-refractivity contribution is -0.129. The average Bonchev–Trinajstić information content (AvgIpc) is 2.21. The topological polar surface area (TPSA) is 49.4 Å². The summed E-state index contributed by atoms with van der Waals surface area (Å²) in [5, 5.41) is 2.56. The second-order valence-electron chi connectivity index (χ2n) is 3.33. The van der Waals surface area contributed by atoms with E-state index >= 15 is 0 Å².